The molecular formula is C14H21N. The maximum Gasteiger partial charge on any atom is 0.00672 e. The van der Waals surface area contributed by atoms with Crippen molar-refractivity contribution in [1.29, 1.82) is 0 Å². The number of benzene rings is 1. The summed E-state index contributed by atoms with van der Waals surface area (Å²) < 4.78 is 0. The summed E-state index contributed by atoms with van der Waals surface area (Å²) in [6, 6.07) is 11.2. The van der Waals surface area contributed by atoms with E-state index in [1.54, 1.807) is 0 Å². The number of nitrogens with two attached hydrogens (primary N) is 1. The largest absolute Gasteiger partial charge is 0.327 e. The average molecular weight is 203 g/mol. The minimum atomic E-state index is 0.461. The van der Waals surface area contributed by atoms with Gasteiger partial charge in [0.1, 0.15) is 0 Å². The van der Waals surface area contributed by atoms with Crippen LogP contribution in [0.4, 0.5) is 0 Å². The first-order valence-corrected chi connectivity index (χ1v) is 6.16. The first-order chi connectivity index (χ1) is 7.36. The van der Waals surface area contributed by atoms with Crippen LogP contribution in [0.3, 0.4) is 0 Å². The minimum Gasteiger partial charge on any atom is -0.327 e. The van der Waals surface area contributed by atoms with Crippen LogP contribution in [0.1, 0.15) is 37.7 Å². The average Bonchev–Trinajstić information content (AvgIpc) is 2.29. The van der Waals surface area contributed by atoms with Gasteiger partial charge in [-0.15, -0.1) is 0 Å². The van der Waals surface area contributed by atoms with Gasteiger partial charge < -0.3 is 5.73 Å². The normalized spacial score (nSPS) is 26.5. The van der Waals surface area contributed by atoms with Gasteiger partial charge in [0.2, 0.25) is 0 Å². The summed E-state index contributed by atoms with van der Waals surface area (Å²) in [5, 5.41) is 0. The van der Waals surface area contributed by atoms with Crippen molar-refractivity contribution in [2.75, 3.05) is 0 Å². The Morgan fingerprint density at radius 1 is 1.07 bits per heavy atom. The second-order valence-corrected chi connectivity index (χ2v) is 4.73. The van der Waals surface area contributed by atoms with Crippen LogP contribution in [-0.4, -0.2) is 6.04 Å². The molecule has 0 radical (unpaired) electrons. The van der Waals surface area contributed by atoms with Crippen molar-refractivity contribution < 1.29 is 0 Å². The Kier molecular flexibility index (Phi) is 3.79. The Labute approximate surface area is 92.7 Å². The summed E-state index contributed by atoms with van der Waals surface area (Å²) in [4.78, 5) is 0. The van der Waals surface area contributed by atoms with Gasteiger partial charge in [-0.1, -0.05) is 43.2 Å². The summed E-state index contributed by atoms with van der Waals surface area (Å²) >= 11 is 0. The molecule has 0 aromatic heterocycles. The fourth-order valence-corrected chi connectivity index (χ4v) is 2.59. The van der Waals surface area contributed by atoms with Gasteiger partial charge in [0.05, 0.1) is 0 Å². The van der Waals surface area contributed by atoms with Crippen molar-refractivity contribution in [3.63, 3.8) is 0 Å². The molecule has 1 aliphatic rings. The van der Waals surface area contributed by atoms with Crippen LogP contribution < -0.4 is 5.73 Å². The molecule has 2 atom stereocenters. The van der Waals surface area contributed by atoms with Crippen LogP contribution in [0, 0.1) is 5.92 Å². The molecule has 1 aromatic carbocycles. The second-order valence-electron chi connectivity index (χ2n) is 4.73. The monoisotopic (exact) mass is 203 g/mol. The number of aryl methyl sites for hydroxylation is 1. The van der Waals surface area contributed by atoms with Crippen LogP contribution in [0.5, 0.6) is 0 Å². The van der Waals surface area contributed by atoms with Crippen molar-refractivity contribution >= 4 is 0 Å². The molecule has 15 heavy (non-hydrogen) atoms. The highest BCUT2D eigenvalue weighted by atomic mass is 14.7. The molecule has 1 heteroatoms. The maximum atomic E-state index is 6.14. The lowest BCUT2D eigenvalue weighted by molar-refractivity contribution is 0.292. The van der Waals surface area contributed by atoms with Gasteiger partial charge in [0.25, 0.3) is 0 Å². The van der Waals surface area contributed by atoms with E-state index in [-0.39, 0.29) is 0 Å². The second kappa shape index (κ2) is 5.32. The fraction of sp³-hybridized carbons (Fsp3) is 0.571. The first kappa shape index (κ1) is 10.7. The van der Waals surface area contributed by atoms with Crippen LogP contribution >= 0.6 is 0 Å². The Morgan fingerprint density at radius 3 is 2.53 bits per heavy atom. The van der Waals surface area contributed by atoms with Crippen LogP contribution in [0.15, 0.2) is 30.3 Å². The molecule has 1 fully saturated rings. The molecule has 1 aromatic rings. The Balaban J connectivity index is 1.82. The SMILES string of the molecule is NC1CCCCC1CCc1ccccc1. The molecule has 82 valence electrons. The lowest BCUT2D eigenvalue weighted by Crippen LogP contribution is -2.33. The van der Waals surface area contributed by atoms with Gasteiger partial charge in [0.15, 0.2) is 0 Å². The number of hydrogen-bond acceptors (Lipinski definition) is 1. The van der Waals surface area contributed by atoms with E-state index in [1.807, 2.05) is 0 Å². The van der Waals surface area contributed by atoms with E-state index >= 15 is 0 Å². The lowest BCUT2D eigenvalue weighted by atomic mass is 9.81. The number of hydrogen-bond donors (Lipinski definition) is 1. The molecule has 0 bridgehead atoms. The van der Waals surface area contributed by atoms with Crippen molar-refractivity contribution in [2.45, 2.75) is 44.6 Å². The van der Waals surface area contributed by atoms with E-state index in [9.17, 15) is 0 Å². The zero-order valence-corrected chi connectivity index (χ0v) is 9.36. The number of rotatable bonds is 3. The Bertz CT molecular complexity index is 281. The van der Waals surface area contributed by atoms with E-state index in [0.29, 0.717) is 6.04 Å². The Morgan fingerprint density at radius 2 is 1.80 bits per heavy atom. The molecule has 0 aliphatic heterocycles. The lowest BCUT2D eigenvalue weighted by Gasteiger charge is -2.28. The molecule has 0 heterocycles. The third kappa shape index (κ3) is 3.07. The molecule has 1 aliphatic carbocycles. The molecule has 2 rings (SSSR count). The minimum absolute atomic E-state index is 0.461. The van der Waals surface area contributed by atoms with Crippen LogP contribution in [0.25, 0.3) is 0 Å². The molecule has 0 amide bonds. The summed E-state index contributed by atoms with van der Waals surface area (Å²) in [5.74, 6) is 0.763. The van der Waals surface area contributed by atoms with Crippen molar-refractivity contribution in [1.82, 2.24) is 0 Å². The highest BCUT2D eigenvalue weighted by molar-refractivity contribution is 5.14. The molecule has 1 saturated carbocycles. The summed E-state index contributed by atoms with van der Waals surface area (Å²) in [6.07, 6.45) is 7.76. The molecule has 0 saturated heterocycles. The van der Waals surface area contributed by atoms with Crippen molar-refractivity contribution in [3.05, 3.63) is 35.9 Å². The van der Waals surface area contributed by atoms with E-state index in [0.717, 1.165) is 5.92 Å². The summed E-state index contributed by atoms with van der Waals surface area (Å²) in [6.45, 7) is 0. The molecule has 2 N–H and O–H groups in total. The van der Waals surface area contributed by atoms with Crippen molar-refractivity contribution in [3.8, 4) is 0 Å². The maximum absolute atomic E-state index is 6.14. The molecular weight excluding hydrogens is 182 g/mol. The van der Waals surface area contributed by atoms with Gasteiger partial charge in [-0.05, 0) is 37.2 Å². The van der Waals surface area contributed by atoms with E-state index in [1.165, 1.54) is 44.1 Å². The van der Waals surface area contributed by atoms with Gasteiger partial charge in [-0.25, -0.2) is 0 Å². The first-order valence-electron chi connectivity index (χ1n) is 6.16. The van der Waals surface area contributed by atoms with Gasteiger partial charge in [0, 0.05) is 6.04 Å². The van der Waals surface area contributed by atoms with E-state index in [2.05, 4.69) is 30.3 Å². The van der Waals surface area contributed by atoms with Crippen LogP contribution in [-0.2, 0) is 6.42 Å². The van der Waals surface area contributed by atoms with Crippen LogP contribution in [0.2, 0.25) is 0 Å². The van der Waals surface area contributed by atoms with E-state index in [4.69, 9.17) is 5.73 Å². The van der Waals surface area contributed by atoms with Crippen molar-refractivity contribution in [2.24, 2.45) is 11.7 Å². The molecule has 0 spiro atoms. The standard InChI is InChI=1S/C14H21N/c15-14-9-5-4-8-13(14)11-10-12-6-2-1-3-7-12/h1-3,6-7,13-14H,4-5,8-11,15H2. The fourth-order valence-electron chi connectivity index (χ4n) is 2.59. The highest BCUT2D eigenvalue weighted by Gasteiger charge is 2.20. The third-order valence-corrected chi connectivity index (χ3v) is 3.61. The van der Waals surface area contributed by atoms with Gasteiger partial charge >= 0.3 is 0 Å². The smallest absolute Gasteiger partial charge is 0.00672 e. The summed E-state index contributed by atoms with van der Waals surface area (Å²) in [5.41, 5.74) is 7.60. The molecule has 1 nitrogen and oxygen atoms in total. The predicted molar refractivity (Wildman–Crippen MR) is 64.7 cm³/mol. The predicted octanol–water partition coefficient (Wildman–Crippen LogP) is 3.14. The summed E-state index contributed by atoms with van der Waals surface area (Å²) in [7, 11) is 0. The quantitative estimate of drug-likeness (QED) is 0.802. The van der Waals surface area contributed by atoms with Gasteiger partial charge in [-0.3, -0.25) is 0 Å². The third-order valence-electron chi connectivity index (χ3n) is 3.61. The zero-order valence-electron chi connectivity index (χ0n) is 9.36. The topological polar surface area (TPSA) is 26.0 Å². The zero-order chi connectivity index (χ0) is 10.5. The molecule has 2 unspecified atom stereocenters. The van der Waals surface area contributed by atoms with E-state index < -0.39 is 0 Å². The Hall–Kier alpha value is -0.820. The highest BCUT2D eigenvalue weighted by Crippen LogP contribution is 2.26. The van der Waals surface area contributed by atoms with Gasteiger partial charge in [-0.2, -0.15) is 0 Å².